The minimum atomic E-state index is 0.539. The molecule has 2 nitrogen and oxygen atoms in total. The second-order valence-corrected chi connectivity index (χ2v) is 8.20. The first-order valence-electron chi connectivity index (χ1n) is 7.58. The maximum atomic E-state index is 3.63. The minimum absolute atomic E-state index is 0.539. The van der Waals surface area contributed by atoms with E-state index in [1.165, 1.54) is 73.4 Å². The Morgan fingerprint density at radius 2 is 1.37 bits per heavy atom. The predicted octanol–water partition coefficient (Wildman–Crippen LogP) is 4.48. The van der Waals surface area contributed by atoms with Gasteiger partial charge in [0.05, 0.1) is 9.95 Å². The molecule has 0 amide bonds. The average molecular weight is 343 g/mol. The van der Waals surface area contributed by atoms with Gasteiger partial charge >= 0.3 is 0 Å². The Kier molecular flexibility index (Phi) is 4.96. The molecule has 3 heterocycles. The molecule has 1 aromatic rings. The highest BCUT2D eigenvalue weighted by Crippen LogP contribution is 2.35. The second-order valence-electron chi connectivity index (χ2n) is 5.71. The zero-order valence-corrected chi connectivity index (χ0v) is 13.9. The molecule has 4 heteroatoms. The van der Waals surface area contributed by atoms with Crippen LogP contribution in [0.3, 0.4) is 0 Å². The van der Waals surface area contributed by atoms with E-state index in [0.717, 1.165) is 0 Å². The summed E-state index contributed by atoms with van der Waals surface area (Å²) in [4.78, 5) is 6.95. The third-order valence-electron chi connectivity index (χ3n) is 4.32. The smallest absolute Gasteiger partial charge is 0.0981 e. The van der Waals surface area contributed by atoms with Gasteiger partial charge in [-0.05, 0) is 79.9 Å². The first-order valence-corrected chi connectivity index (χ1v) is 9.19. The van der Waals surface area contributed by atoms with Crippen LogP contribution in [-0.2, 0) is 0 Å². The van der Waals surface area contributed by atoms with Crippen LogP contribution in [0.4, 0.5) is 0 Å². The van der Waals surface area contributed by atoms with Crippen LogP contribution >= 0.6 is 27.3 Å². The lowest BCUT2D eigenvalue weighted by atomic mass is 10.1. The zero-order chi connectivity index (χ0) is 13.1. The lowest BCUT2D eigenvalue weighted by Crippen LogP contribution is -2.45. The van der Waals surface area contributed by atoms with Crippen LogP contribution in [0, 0.1) is 0 Å². The number of halogens is 1. The van der Waals surface area contributed by atoms with Crippen molar-refractivity contribution >= 4 is 27.3 Å². The number of likely N-dealkylation sites (tertiary alicyclic amines) is 2. The van der Waals surface area contributed by atoms with Crippen LogP contribution < -0.4 is 0 Å². The molecular weight excluding hydrogens is 320 g/mol. The van der Waals surface area contributed by atoms with Crippen molar-refractivity contribution in [2.45, 2.75) is 44.7 Å². The Labute approximate surface area is 128 Å². The zero-order valence-electron chi connectivity index (χ0n) is 11.5. The minimum Gasteiger partial charge on any atom is -0.283 e. The van der Waals surface area contributed by atoms with E-state index < -0.39 is 0 Å². The molecule has 0 bridgehead atoms. The van der Waals surface area contributed by atoms with Crippen LogP contribution in [0.2, 0.25) is 0 Å². The van der Waals surface area contributed by atoms with Gasteiger partial charge in [-0.3, -0.25) is 9.80 Å². The summed E-state index contributed by atoms with van der Waals surface area (Å²) < 4.78 is 1.27. The summed E-state index contributed by atoms with van der Waals surface area (Å²) in [6, 6.07) is 4.53. The van der Waals surface area contributed by atoms with E-state index in [9.17, 15) is 0 Å². The van der Waals surface area contributed by atoms with Crippen molar-refractivity contribution in [1.29, 1.82) is 0 Å². The summed E-state index contributed by atoms with van der Waals surface area (Å²) in [5.74, 6) is 0. The van der Waals surface area contributed by atoms with Gasteiger partial charge in [0.2, 0.25) is 0 Å². The van der Waals surface area contributed by atoms with Crippen molar-refractivity contribution in [2.24, 2.45) is 0 Å². The Hall–Kier alpha value is 0.1000. The highest BCUT2D eigenvalue weighted by molar-refractivity contribution is 9.11. The molecule has 2 aliphatic rings. The summed E-state index contributed by atoms with van der Waals surface area (Å²) >= 11 is 5.55. The molecule has 2 aliphatic heterocycles. The molecule has 19 heavy (non-hydrogen) atoms. The molecule has 106 valence electrons. The van der Waals surface area contributed by atoms with E-state index in [1.54, 1.807) is 0 Å². The van der Waals surface area contributed by atoms with Gasteiger partial charge in [0.25, 0.3) is 0 Å². The Morgan fingerprint density at radius 1 is 0.842 bits per heavy atom. The van der Waals surface area contributed by atoms with Crippen molar-refractivity contribution in [3.05, 3.63) is 20.8 Å². The fourth-order valence-electron chi connectivity index (χ4n) is 3.38. The largest absolute Gasteiger partial charge is 0.283 e. The summed E-state index contributed by atoms with van der Waals surface area (Å²) in [6.45, 7) is 5.10. The molecule has 0 saturated carbocycles. The van der Waals surface area contributed by atoms with Crippen LogP contribution in [0.5, 0.6) is 0 Å². The Morgan fingerprint density at radius 3 is 1.79 bits per heavy atom. The fourth-order valence-corrected chi connectivity index (χ4v) is 4.98. The van der Waals surface area contributed by atoms with Crippen LogP contribution in [0.1, 0.15) is 49.6 Å². The molecule has 2 saturated heterocycles. The van der Waals surface area contributed by atoms with Gasteiger partial charge in [-0.15, -0.1) is 11.3 Å². The Balaban J connectivity index is 1.81. The molecule has 0 unspecified atom stereocenters. The van der Waals surface area contributed by atoms with Crippen LogP contribution in [0.25, 0.3) is 0 Å². The number of nitrogens with zero attached hydrogens (tertiary/aromatic N) is 2. The number of piperidine rings is 2. The molecule has 2 fully saturated rings. The van der Waals surface area contributed by atoms with Gasteiger partial charge in [-0.1, -0.05) is 12.8 Å². The highest BCUT2D eigenvalue weighted by Gasteiger charge is 2.29. The average Bonchev–Trinajstić information content (AvgIpc) is 2.88. The number of thiophene rings is 1. The van der Waals surface area contributed by atoms with E-state index in [1.807, 2.05) is 11.3 Å². The van der Waals surface area contributed by atoms with Gasteiger partial charge in [-0.25, -0.2) is 0 Å². The number of hydrogen-bond donors (Lipinski definition) is 0. The topological polar surface area (TPSA) is 6.48 Å². The molecule has 0 aliphatic carbocycles. The molecule has 0 radical (unpaired) electrons. The van der Waals surface area contributed by atoms with Crippen molar-refractivity contribution < 1.29 is 0 Å². The summed E-state index contributed by atoms with van der Waals surface area (Å²) in [7, 11) is 0. The van der Waals surface area contributed by atoms with Gasteiger partial charge in [0, 0.05) is 4.88 Å². The van der Waals surface area contributed by atoms with Crippen LogP contribution in [0.15, 0.2) is 15.9 Å². The van der Waals surface area contributed by atoms with Crippen molar-refractivity contribution in [3.63, 3.8) is 0 Å². The van der Waals surface area contributed by atoms with Gasteiger partial charge in [0.1, 0.15) is 0 Å². The lowest BCUT2D eigenvalue weighted by molar-refractivity contribution is 0.0179. The van der Waals surface area contributed by atoms with E-state index in [-0.39, 0.29) is 0 Å². The van der Waals surface area contributed by atoms with Crippen molar-refractivity contribution in [1.82, 2.24) is 9.80 Å². The third-order valence-corrected chi connectivity index (χ3v) is 5.99. The molecule has 0 N–H and O–H groups in total. The third kappa shape index (κ3) is 3.41. The summed E-state index contributed by atoms with van der Waals surface area (Å²) in [5.41, 5.74) is 0. The number of rotatable bonds is 3. The van der Waals surface area contributed by atoms with E-state index in [2.05, 4.69) is 37.9 Å². The molecular formula is C15H23BrN2S. The second kappa shape index (κ2) is 6.70. The maximum absolute atomic E-state index is 3.63. The van der Waals surface area contributed by atoms with Gasteiger partial charge < -0.3 is 0 Å². The van der Waals surface area contributed by atoms with E-state index in [0.29, 0.717) is 6.17 Å². The van der Waals surface area contributed by atoms with Crippen LogP contribution in [-0.4, -0.2) is 36.0 Å². The molecule has 0 spiro atoms. The quantitative estimate of drug-likeness (QED) is 0.798. The fraction of sp³-hybridized carbons (Fsp3) is 0.733. The first-order chi connectivity index (χ1) is 9.34. The highest BCUT2D eigenvalue weighted by atomic mass is 79.9. The van der Waals surface area contributed by atoms with Crippen molar-refractivity contribution in [3.8, 4) is 0 Å². The normalized spacial score (nSPS) is 23.1. The van der Waals surface area contributed by atoms with Gasteiger partial charge in [0.15, 0.2) is 0 Å². The Bertz CT molecular complexity index is 377. The predicted molar refractivity (Wildman–Crippen MR) is 85.6 cm³/mol. The van der Waals surface area contributed by atoms with Crippen molar-refractivity contribution in [2.75, 3.05) is 26.2 Å². The monoisotopic (exact) mass is 342 g/mol. The van der Waals surface area contributed by atoms with E-state index in [4.69, 9.17) is 0 Å². The summed E-state index contributed by atoms with van der Waals surface area (Å²) in [5, 5.41) is 0. The number of hydrogen-bond acceptors (Lipinski definition) is 3. The SMILES string of the molecule is Brc1ccc(C(N2CCCCC2)N2CCCCC2)s1. The molecule has 3 rings (SSSR count). The molecule has 0 aromatic carbocycles. The van der Waals surface area contributed by atoms with Gasteiger partial charge in [-0.2, -0.15) is 0 Å². The lowest BCUT2D eigenvalue weighted by Gasteiger charge is -2.42. The molecule has 1 aromatic heterocycles. The first kappa shape index (κ1) is 14.1. The standard InChI is InChI=1S/C15H23BrN2S/c16-14-8-7-13(19-14)15(17-9-3-1-4-10-17)18-11-5-2-6-12-18/h7-8,15H,1-6,9-12H2. The summed E-state index contributed by atoms with van der Waals surface area (Å²) in [6.07, 6.45) is 8.85. The van der Waals surface area contributed by atoms with E-state index >= 15 is 0 Å². The molecule has 0 atom stereocenters. The maximum Gasteiger partial charge on any atom is 0.0981 e.